The second kappa shape index (κ2) is 7.35. The highest BCUT2D eigenvalue weighted by Crippen LogP contribution is 2.46. The largest absolute Gasteiger partial charge is 0.497 e. The Morgan fingerprint density at radius 2 is 1.68 bits per heavy atom. The Bertz CT molecular complexity index is 1130. The third kappa shape index (κ3) is 2.96. The number of ketones is 1. The summed E-state index contributed by atoms with van der Waals surface area (Å²) in [4.78, 5) is 41.5. The number of carbonyl (C=O) groups is 3. The van der Waals surface area contributed by atoms with Crippen LogP contribution >= 0.6 is 11.6 Å². The summed E-state index contributed by atoms with van der Waals surface area (Å²) in [5.74, 6) is -1.89. The molecule has 2 amide bonds. The molecule has 0 spiro atoms. The van der Waals surface area contributed by atoms with Gasteiger partial charge < -0.3 is 4.74 Å². The minimum Gasteiger partial charge on any atom is -0.497 e. The van der Waals surface area contributed by atoms with E-state index in [9.17, 15) is 14.4 Å². The van der Waals surface area contributed by atoms with Gasteiger partial charge in [0.1, 0.15) is 11.8 Å². The van der Waals surface area contributed by atoms with E-state index in [0.29, 0.717) is 22.0 Å². The number of anilines is 1. The molecule has 0 saturated carbocycles. The summed E-state index contributed by atoms with van der Waals surface area (Å²) in [7, 11) is 1.55. The molecule has 31 heavy (non-hydrogen) atoms. The fourth-order valence-corrected chi connectivity index (χ4v) is 4.73. The quantitative estimate of drug-likeness (QED) is 0.545. The van der Waals surface area contributed by atoms with Crippen molar-refractivity contribution in [3.8, 4) is 5.75 Å². The highest BCUT2D eigenvalue weighted by molar-refractivity contribution is 6.31. The van der Waals surface area contributed by atoms with Gasteiger partial charge in [0.25, 0.3) is 0 Å². The number of ether oxygens (including phenoxy) is 1. The van der Waals surface area contributed by atoms with Gasteiger partial charge in [0, 0.05) is 16.8 Å². The van der Waals surface area contributed by atoms with E-state index in [1.807, 2.05) is 6.08 Å². The van der Waals surface area contributed by atoms with Gasteiger partial charge in [-0.25, -0.2) is 4.90 Å². The van der Waals surface area contributed by atoms with Crippen LogP contribution in [0.3, 0.4) is 0 Å². The third-order valence-corrected chi connectivity index (χ3v) is 6.27. The van der Waals surface area contributed by atoms with E-state index in [0.717, 1.165) is 0 Å². The number of amides is 2. The molecule has 3 aliphatic heterocycles. The fourth-order valence-electron chi connectivity index (χ4n) is 4.61. The van der Waals surface area contributed by atoms with E-state index in [4.69, 9.17) is 16.3 Å². The lowest BCUT2D eigenvalue weighted by Crippen LogP contribution is -2.46. The average molecular weight is 436 g/mol. The van der Waals surface area contributed by atoms with E-state index in [2.05, 4.69) is 5.10 Å². The van der Waals surface area contributed by atoms with E-state index in [-0.39, 0.29) is 11.7 Å². The van der Waals surface area contributed by atoms with Gasteiger partial charge in [-0.2, -0.15) is 5.10 Å². The molecule has 0 N–H and O–H groups in total. The molecule has 0 radical (unpaired) electrons. The predicted molar refractivity (Wildman–Crippen MR) is 115 cm³/mol. The number of Topliss-reactive ketones (excluding diaryl/α,β-unsaturated/α-hetero) is 1. The van der Waals surface area contributed by atoms with Gasteiger partial charge in [-0.15, -0.1) is 0 Å². The first kappa shape index (κ1) is 19.5. The van der Waals surface area contributed by atoms with Crippen LogP contribution in [-0.2, 0) is 9.59 Å². The molecule has 0 bridgehead atoms. The number of hydrogen-bond acceptors (Lipinski definition) is 6. The zero-order chi connectivity index (χ0) is 21.7. The molecule has 5 rings (SSSR count). The van der Waals surface area contributed by atoms with E-state index >= 15 is 0 Å². The minimum atomic E-state index is -0.877. The molecular weight excluding hydrogens is 418 g/mol. The zero-order valence-electron chi connectivity index (χ0n) is 16.5. The molecule has 0 aromatic heterocycles. The summed E-state index contributed by atoms with van der Waals surface area (Å²) in [6.45, 7) is 0. The molecule has 7 nitrogen and oxygen atoms in total. The van der Waals surface area contributed by atoms with Crippen molar-refractivity contribution in [2.45, 2.75) is 12.1 Å². The topological polar surface area (TPSA) is 79.3 Å². The van der Waals surface area contributed by atoms with Gasteiger partial charge in [0.05, 0.1) is 30.7 Å². The van der Waals surface area contributed by atoms with Gasteiger partial charge in [-0.3, -0.25) is 19.4 Å². The summed E-state index contributed by atoms with van der Waals surface area (Å²) >= 11 is 5.96. The predicted octanol–water partition coefficient (Wildman–Crippen LogP) is 2.95. The van der Waals surface area contributed by atoms with Crippen molar-refractivity contribution in [3.63, 3.8) is 0 Å². The Hall–Kier alpha value is -3.45. The molecule has 156 valence electrons. The lowest BCUT2D eigenvalue weighted by atomic mass is 9.86. The summed E-state index contributed by atoms with van der Waals surface area (Å²) in [6.07, 6.45) is 5.13. The Morgan fingerprint density at radius 3 is 2.35 bits per heavy atom. The van der Waals surface area contributed by atoms with Crippen molar-refractivity contribution in [2.24, 2.45) is 16.9 Å². The molecule has 4 atom stereocenters. The van der Waals surface area contributed by atoms with Crippen LogP contribution in [0, 0.1) is 11.8 Å². The van der Waals surface area contributed by atoms with Crippen molar-refractivity contribution >= 4 is 41.1 Å². The third-order valence-electron chi connectivity index (χ3n) is 6.02. The van der Waals surface area contributed by atoms with Crippen LogP contribution in [-0.4, -0.2) is 48.0 Å². The summed E-state index contributed by atoms with van der Waals surface area (Å²) in [5, 5.41) is 6.45. The fraction of sp³-hybridized carbons (Fsp3) is 0.217. The molecule has 0 unspecified atom stereocenters. The molecular formula is C23H18ClN3O4. The van der Waals surface area contributed by atoms with Crippen LogP contribution in [0.15, 0.2) is 65.8 Å². The Morgan fingerprint density at radius 1 is 1.00 bits per heavy atom. The number of rotatable bonds is 4. The first-order chi connectivity index (χ1) is 15.0. The van der Waals surface area contributed by atoms with Crippen molar-refractivity contribution in [1.82, 2.24) is 5.01 Å². The van der Waals surface area contributed by atoms with Crippen LogP contribution in [0.1, 0.15) is 10.4 Å². The molecule has 3 aliphatic rings. The number of hydrogen-bond donors (Lipinski definition) is 0. The lowest BCUT2D eigenvalue weighted by Gasteiger charge is -2.30. The number of nitrogens with zero attached hydrogens (tertiary/aromatic N) is 3. The van der Waals surface area contributed by atoms with Crippen LogP contribution in [0.2, 0.25) is 5.02 Å². The maximum Gasteiger partial charge on any atom is 0.240 e. The number of hydrazone groups is 1. The Balaban J connectivity index is 1.55. The van der Waals surface area contributed by atoms with Crippen molar-refractivity contribution in [1.29, 1.82) is 0 Å². The molecule has 2 aromatic rings. The molecule has 8 heteroatoms. The maximum atomic E-state index is 13.5. The second-order valence-electron chi connectivity index (χ2n) is 7.60. The van der Waals surface area contributed by atoms with Crippen molar-refractivity contribution in [3.05, 3.63) is 71.3 Å². The maximum absolute atomic E-state index is 13.5. The number of methoxy groups -OCH3 is 1. The minimum absolute atomic E-state index is 0.258. The normalized spacial score (nSPS) is 26.3. The van der Waals surface area contributed by atoms with Crippen LogP contribution in [0.4, 0.5) is 5.69 Å². The van der Waals surface area contributed by atoms with Gasteiger partial charge >= 0.3 is 0 Å². The molecule has 2 aromatic carbocycles. The molecule has 3 heterocycles. The van der Waals surface area contributed by atoms with Crippen molar-refractivity contribution in [2.75, 3.05) is 12.0 Å². The number of halogens is 1. The Kier molecular flexibility index (Phi) is 4.63. The molecule has 2 fully saturated rings. The van der Waals surface area contributed by atoms with Gasteiger partial charge in [0.2, 0.25) is 11.8 Å². The molecule has 2 saturated heterocycles. The number of imide groups is 1. The van der Waals surface area contributed by atoms with Gasteiger partial charge in [-0.1, -0.05) is 17.7 Å². The van der Waals surface area contributed by atoms with Crippen molar-refractivity contribution < 1.29 is 19.1 Å². The number of allylic oxidation sites excluding steroid dienone is 1. The van der Waals surface area contributed by atoms with Crippen LogP contribution in [0.5, 0.6) is 5.75 Å². The van der Waals surface area contributed by atoms with E-state index in [1.165, 1.54) is 4.90 Å². The average Bonchev–Trinajstić information content (AvgIpc) is 3.27. The first-order valence-electron chi connectivity index (χ1n) is 9.82. The van der Waals surface area contributed by atoms with Crippen LogP contribution in [0.25, 0.3) is 0 Å². The Labute approximate surface area is 183 Å². The standard InChI is InChI=1S/C23H18ClN3O4/c1-31-16-10-4-13(5-11-16)21(28)20-19-18(17-3-2-12-25-27(17)20)22(29)26(23(19)30)15-8-6-14(24)7-9-15/h2-12,17-20H,1H3/t17-,18-,19+,20-/m0/s1. The highest BCUT2D eigenvalue weighted by atomic mass is 35.5. The van der Waals surface area contributed by atoms with E-state index < -0.39 is 29.8 Å². The SMILES string of the molecule is COc1ccc(C(=O)[C@@H]2[C@@H]3C(=O)N(c4ccc(Cl)cc4)C(=O)[C@H]3[C@@H]3C=CC=NN23)cc1. The number of benzene rings is 2. The number of carbonyl (C=O) groups excluding carboxylic acids is 3. The first-order valence-corrected chi connectivity index (χ1v) is 10.2. The number of fused-ring (bicyclic) bond motifs is 3. The zero-order valence-corrected chi connectivity index (χ0v) is 17.3. The smallest absolute Gasteiger partial charge is 0.240 e. The summed E-state index contributed by atoms with van der Waals surface area (Å²) < 4.78 is 5.16. The second-order valence-corrected chi connectivity index (χ2v) is 8.03. The highest BCUT2D eigenvalue weighted by Gasteiger charge is 2.64. The lowest BCUT2D eigenvalue weighted by molar-refractivity contribution is -0.123. The monoisotopic (exact) mass is 435 g/mol. The summed E-state index contributed by atoms with van der Waals surface area (Å²) in [5.41, 5.74) is 0.874. The van der Waals surface area contributed by atoms with E-state index in [1.54, 1.807) is 72.9 Å². The van der Waals surface area contributed by atoms with Gasteiger partial charge in [0.15, 0.2) is 5.78 Å². The van der Waals surface area contributed by atoms with Gasteiger partial charge in [-0.05, 0) is 54.6 Å². The summed E-state index contributed by atoms with van der Waals surface area (Å²) in [6, 6.07) is 11.9. The van der Waals surface area contributed by atoms with Crippen LogP contribution < -0.4 is 9.64 Å². The molecule has 0 aliphatic carbocycles.